The van der Waals surface area contributed by atoms with Gasteiger partial charge in [-0.2, -0.15) is 0 Å². The molecule has 0 fully saturated rings. The second kappa shape index (κ2) is 6.72. The summed E-state index contributed by atoms with van der Waals surface area (Å²) in [5.74, 6) is 2.45. The Hall–Kier alpha value is -0.970. The van der Waals surface area contributed by atoms with Crippen molar-refractivity contribution < 1.29 is 9.53 Å². The molecule has 0 aliphatic carbocycles. The van der Waals surface area contributed by atoms with Crippen LogP contribution in [0.5, 0.6) is 0 Å². The summed E-state index contributed by atoms with van der Waals surface area (Å²) in [5.41, 5.74) is 0. The molecular formula is C10H16O2. The molecule has 68 valence electrons. The summed E-state index contributed by atoms with van der Waals surface area (Å²) in [4.78, 5) is 10.9. The summed E-state index contributed by atoms with van der Waals surface area (Å²) in [6, 6.07) is 0. The van der Waals surface area contributed by atoms with Gasteiger partial charge in [-0.25, -0.2) is 0 Å². The molecular weight excluding hydrogens is 152 g/mol. The topological polar surface area (TPSA) is 26.3 Å². The predicted octanol–water partition coefficient (Wildman–Crippen LogP) is 1.99. The molecule has 0 aliphatic heterocycles. The smallest absolute Gasteiger partial charge is 0.308 e. The van der Waals surface area contributed by atoms with Gasteiger partial charge in [-0.05, 0) is 12.8 Å². The highest BCUT2D eigenvalue weighted by molar-refractivity contribution is 5.71. The number of methoxy groups -OCH3 is 1. The highest BCUT2D eigenvalue weighted by atomic mass is 16.5. The van der Waals surface area contributed by atoms with Crippen LogP contribution in [0.15, 0.2) is 0 Å². The average molecular weight is 168 g/mol. The monoisotopic (exact) mass is 168 g/mol. The van der Waals surface area contributed by atoms with Crippen LogP contribution in [-0.2, 0) is 9.53 Å². The number of unbranched alkanes of at least 4 members (excludes halogenated alkanes) is 2. The lowest BCUT2D eigenvalue weighted by Gasteiger charge is -2.07. The molecule has 0 bridgehead atoms. The zero-order valence-electron chi connectivity index (χ0n) is 7.80. The van der Waals surface area contributed by atoms with E-state index in [1.165, 1.54) is 7.11 Å². The summed E-state index contributed by atoms with van der Waals surface area (Å²) in [5, 5.41) is 0. The van der Waals surface area contributed by atoms with Gasteiger partial charge in [0.2, 0.25) is 0 Å². The molecule has 0 aromatic carbocycles. The molecule has 0 amide bonds. The van der Waals surface area contributed by atoms with Crippen molar-refractivity contribution in [1.82, 2.24) is 0 Å². The lowest BCUT2D eigenvalue weighted by Crippen LogP contribution is -2.12. The lowest BCUT2D eigenvalue weighted by atomic mass is 10.0. The molecule has 0 rings (SSSR count). The number of rotatable bonds is 5. The van der Waals surface area contributed by atoms with Crippen LogP contribution in [0.4, 0.5) is 0 Å². The molecule has 0 spiro atoms. The molecule has 1 atom stereocenters. The van der Waals surface area contributed by atoms with Crippen LogP contribution in [0.25, 0.3) is 0 Å². The van der Waals surface area contributed by atoms with Crippen molar-refractivity contribution in [3.63, 3.8) is 0 Å². The standard InChI is InChI=1S/C10H16O2/c1-4-5-6-7-8-9(2)10(11)12-3/h1,9H,5-8H2,2-3H3. The normalized spacial score (nSPS) is 11.8. The Morgan fingerprint density at radius 3 is 2.75 bits per heavy atom. The first-order valence-corrected chi connectivity index (χ1v) is 4.23. The Labute approximate surface area is 74.3 Å². The summed E-state index contributed by atoms with van der Waals surface area (Å²) in [6.45, 7) is 1.88. The molecule has 0 saturated carbocycles. The van der Waals surface area contributed by atoms with Crippen LogP contribution >= 0.6 is 0 Å². The summed E-state index contributed by atoms with van der Waals surface area (Å²) >= 11 is 0. The van der Waals surface area contributed by atoms with Crippen molar-refractivity contribution in [2.75, 3.05) is 7.11 Å². The van der Waals surface area contributed by atoms with Gasteiger partial charge in [0.25, 0.3) is 0 Å². The van der Waals surface area contributed by atoms with Crippen LogP contribution in [0, 0.1) is 18.3 Å². The molecule has 2 heteroatoms. The van der Waals surface area contributed by atoms with E-state index in [0.29, 0.717) is 0 Å². The molecule has 0 aliphatic rings. The third-order valence-electron chi connectivity index (χ3n) is 1.81. The van der Waals surface area contributed by atoms with Crippen LogP contribution in [0.2, 0.25) is 0 Å². The van der Waals surface area contributed by atoms with Gasteiger partial charge in [0, 0.05) is 6.42 Å². The van der Waals surface area contributed by atoms with Gasteiger partial charge in [-0.3, -0.25) is 4.79 Å². The number of hydrogen-bond donors (Lipinski definition) is 0. The SMILES string of the molecule is C#CCCCCC(C)C(=O)OC. The van der Waals surface area contributed by atoms with E-state index in [0.717, 1.165) is 25.7 Å². The van der Waals surface area contributed by atoms with Gasteiger partial charge in [-0.1, -0.05) is 13.3 Å². The van der Waals surface area contributed by atoms with E-state index < -0.39 is 0 Å². The number of carbonyl (C=O) groups is 1. The van der Waals surface area contributed by atoms with Crippen molar-refractivity contribution >= 4 is 5.97 Å². The number of hydrogen-bond acceptors (Lipinski definition) is 2. The second-order valence-corrected chi connectivity index (χ2v) is 2.87. The highest BCUT2D eigenvalue weighted by Gasteiger charge is 2.11. The minimum atomic E-state index is -0.129. The Morgan fingerprint density at radius 1 is 1.58 bits per heavy atom. The van der Waals surface area contributed by atoms with E-state index in [2.05, 4.69) is 10.7 Å². The van der Waals surface area contributed by atoms with Crippen molar-refractivity contribution in [1.29, 1.82) is 0 Å². The first kappa shape index (κ1) is 11.0. The average Bonchev–Trinajstić information content (AvgIpc) is 2.10. The van der Waals surface area contributed by atoms with Crippen molar-refractivity contribution in [2.24, 2.45) is 5.92 Å². The number of terminal acetylenes is 1. The van der Waals surface area contributed by atoms with Crippen LogP contribution in [-0.4, -0.2) is 13.1 Å². The molecule has 0 aromatic rings. The number of ether oxygens (including phenoxy) is 1. The van der Waals surface area contributed by atoms with E-state index in [1.54, 1.807) is 0 Å². The fraction of sp³-hybridized carbons (Fsp3) is 0.700. The van der Waals surface area contributed by atoms with Gasteiger partial charge < -0.3 is 4.74 Å². The van der Waals surface area contributed by atoms with Crippen LogP contribution in [0.3, 0.4) is 0 Å². The molecule has 0 heterocycles. The zero-order valence-corrected chi connectivity index (χ0v) is 7.80. The Balaban J connectivity index is 3.38. The molecule has 0 radical (unpaired) electrons. The Morgan fingerprint density at radius 2 is 2.25 bits per heavy atom. The van der Waals surface area contributed by atoms with E-state index >= 15 is 0 Å². The van der Waals surface area contributed by atoms with E-state index in [9.17, 15) is 4.79 Å². The largest absolute Gasteiger partial charge is 0.469 e. The Bertz CT molecular complexity index is 167. The van der Waals surface area contributed by atoms with Crippen molar-refractivity contribution in [3.05, 3.63) is 0 Å². The predicted molar refractivity (Wildman–Crippen MR) is 48.5 cm³/mol. The first-order chi connectivity index (χ1) is 5.72. The van der Waals surface area contributed by atoms with E-state index in [1.807, 2.05) is 6.92 Å². The maximum Gasteiger partial charge on any atom is 0.308 e. The van der Waals surface area contributed by atoms with Gasteiger partial charge >= 0.3 is 5.97 Å². The molecule has 0 aromatic heterocycles. The third-order valence-corrected chi connectivity index (χ3v) is 1.81. The first-order valence-electron chi connectivity index (χ1n) is 4.23. The third kappa shape index (κ3) is 4.79. The van der Waals surface area contributed by atoms with E-state index in [4.69, 9.17) is 6.42 Å². The fourth-order valence-corrected chi connectivity index (χ4v) is 0.997. The van der Waals surface area contributed by atoms with Gasteiger partial charge in [0.1, 0.15) is 0 Å². The molecule has 0 N–H and O–H groups in total. The van der Waals surface area contributed by atoms with Gasteiger partial charge in [-0.15, -0.1) is 12.3 Å². The van der Waals surface area contributed by atoms with E-state index in [-0.39, 0.29) is 11.9 Å². The maximum atomic E-state index is 10.9. The summed E-state index contributed by atoms with van der Waals surface area (Å²) < 4.78 is 4.59. The minimum Gasteiger partial charge on any atom is -0.469 e. The minimum absolute atomic E-state index is 0.00720. The van der Waals surface area contributed by atoms with Crippen molar-refractivity contribution in [2.45, 2.75) is 32.6 Å². The molecule has 1 unspecified atom stereocenters. The molecule has 12 heavy (non-hydrogen) atoms. The molecule has 0 saturated heterocycles. The highest BCUT2D eigenvalue weighted by Crippen LogP contribution is 2.10. The zero-order chi connectivity index (χ0) is 9.40. The molecule has 2 nitrogen and oxygen atoms in total. The quantitative estimate of drug-likeness (QED) is 0.356. The second-order valence-electron chi connectivity index (χ2n) is 2.87. The van der Waals surface area contributed by atoms with Crippen LogP contribution < -0.4 is 0 Å². The summed E-state index contributed by atoms with van der Waals surface area (Å²) in [6.07, 6.45) is 8.76. The number of carbonyl (C=O) groups excluding carboxylic acids is 1. The summed E-state index contributed by atoms with van der Waals surface area (Å²) in [7, 11) is 1.42. The lowest BCUT2D eigenvalue weighted by molar-refractivity contribution is -0.145. The van der Waals surface area contributed by atoms with Crippen molar-refractivity contribution in [3.8, 4) is 12.3 Å². The van der Waals surface area contributed by atoms with Gasteiger partial charge in [0.15, 0.2) is 0 Å². The maximum absolute atomic E-state index is 10.9. The Kier molecular flexibility index (Phi) is 6.18. The number of esters is 1. The fourth-order valence-electron chi connectivity index (χ4n) is 0.997. The van der Waals surface area contributed by atoms with Gasteiger partial charge in [0.05, 0.1) is 13.0 Å². The van der Waals surface area contributed by atoms with Crippen LogP contribution in [0.1, 0.15) is 32.6 Å².